The summed E-state index contributed by atoms with van der Waals surface area (Å²) < 4.78 is 1.75. The van der Waals surface area contributed by atoms with Crippen molar-refractivity contribution < 1.29 is 4.79 Å². The summed E-state index contributed by atoms with van der Waals surface area (Å²) in [6, 6.07) is 1.92. The van der Waals surface area contributed by atoms with E-state index < -0.39 is 0 Å². The Kier molecular flexibility index (Phi) is 4.17. The van der Waals surface area contributed by atoms with Crippen molar-refractivity contribution in [3.05, 3.63) is 18.0 Å². The van der Waals surface area contributed by atoms with E-state index in [1.165, 1.54) is 19.3 Å². The van der Waals surface area contributed by atoms with Crippen LogP contribution >= 0.6 is 0 Å². The average Bonchev–Trinajstić information content (AvgIpc) is 2.75. The normalized spacial score (nSPS) is 18.8. The molecule has 0 amide bonds. The number of carbonyl (C=O) groups is 1. The molecular weight excluding hydrogens is 226 g/mol. The molecule has 1 fully saturated rings. The van der Waals surface area contributed by atoms with Crippen LogP contribution in [0.2, 0.25) is 0 Å². The van der Waals surface area contributed by atoms with Gasteiger partial charge in [-0.25, -0.2) is 0 Å². The van der Waals surface area contributed by atoms with Crippen LogP contribution < -0.4 is 5.32 Å². The number of nitrogens with zero attached hydrogens (tertiary/aromatic N) is 2. The molecule has 0 atom stereocenters. The summed E-state index contributed by atoms with van der Waals surface area (Å²) in [5.41, 5.74) is 0.925. The van der Waals surface area contributed by atoms with E-state index in [0.717, 1.165) is 18.5 Å². The number of aromatic nitrogens is 2. The lowest BCUT2D eigenvalue weighted by atomic mass is 9.78. The highest BCUT2D eigenvalue weighted by atomic mass is 16.1. The van der Waals surface area contributed by atoms with Gasteiger partial charge in [0, 0.05) is 25.2 Å². The van der Waals surface area contributed by atoms with Crippen molar-refractivity contribution in [2.45, 2.75) is 50.5 Å². The molecule has 1 N–H and O–H groups in total. The molecule has 0 saturated heterocycles. The maximum atomic E-state index is 12.2. The first-order valence-corrected chi connectivity index (χ1v) is 6.83. The topological polar surface area (TPSA) is 46.9 Å². The molecule has 1 saturated carbocycles. The van der Waals surface area contributed by atoms with Crippen molar-refractivity contribution in [2.75, 3.05) is 7.05 Å². The Labute approximate surface area is 109 Å². The lowest BCUT2D eigenvalue weighted by Gasteiger charge is -2.36. The zero-order valence-corrected chi connectivity index (χ0v) is 11.4. The summed E-state index contributed by atoms with van der Waals surface area (Å²) in [5, 5.41) is 7.66. The van der Waals surface area contributed by atoms with Crippen LogP contribution in [0.5, 0.6) is 0 Å². The van der Waals surface area contributed by atoms with Crippen LogP contribution in [0.3, 0.4) is 0 Å². The van der Waals surface area contributed by atoms with Crippen molar-refractivity contribution >= 4 is 5.78 Å². The fourth-order valence-electron chi connectivity index (χ4n) is 2.94. The molecule has 0 unspecified atom stereocenters. The summed E-state index contributed by atoms with van der Waals surface area (Å²) in [6.45, 7) is 0. The molecule has 0 aliphatic heterocycles. The average molecular weight is 249 g/mol. The summed E-state index contributed by atoms with van der Waals surface area (Å²) in [4.78, 5) is 12.2. The van der Waals surface area contributed by atoms with E-state index >= 15 is 0 Å². The number of hydrogen-bond acceptors (Lipinski definition) is 3. The van der Waals surface area contributed by atoms with Crippen LogP contribution in [0, 0.1) is 0 Å². The van der Waals surface area contributed by atoms with Gasteiger partial charge in [0.1, 0.15) is 5.78 Å². The second kappa shape index (κ2) is 5.65. The van der Waals surface area contributed by atoms with Crippen molar-refractivity contribution in [1.29, 1.82) is 0 Å². The van der Waals surface area contributed by atoms with Crippen LogP contribution in [0.15, 0.2) is 12.3 Å². The minimum Gasteiger partial charge on any atom is -0.314 e. The number of aryl methyl sites for hydroxylation is 1. The fourth-order valence-corrected chi connectivity index (χ4v) is 2.94. The first kappa shape index (κ1) is 13.3. The zero-order valence-electron chi connectivity index (χ0n) is 11.4. The van der Waals surface area contributed by atoms with E-state index in [1.54, 1.807) is 4.68 Å². The fraction of sp³-hybridized carbons (Fsp3) is 0.714. The Morgan fingerprint density at radius 3 is 2.72 bits per heavy atom. The molecular formula is C14H23N3O. The second-order valence-electron chi connectivity index (χ2n) is 5.46. The molecule has 0 aromatic carbocycles. The molecule has 0 bridgehead atoms. The van der Waals surface area contributed by atoms with Gasteiger partial charge in [0.05, 0.1) is 12.1 Å². The van der Waals surface area contributed by atoms with E-state index in [0.29, 0.717) is 18.6 Å². The van der Waals surface area contributed by atoms with Gasteiger partial charge >= 0.3 is 0 Å². The molecule has 1 aromatic heterocycles. The molecule has 4 heteroatoms. The Bertz CT molecular complexity index is 405. The number of Topliss-reactive ketones (excluding diaryl/α,β-unsaturated/α-hetero) is 1. The van der Waals surface area contributed by atoms with Gasteiger partial charge in [-0.2, -0.15) is 5.10 Å². The number of ketones is 1. The molecule has 1 aliphatic carbocycles. The maximum absolute atomic E-state index is 12.2. The van der Waals surface area contributed by atoms with Crippen LogP contribution in [0.1, 0.15) is 44.2 Å². The summed E-state index contributed by atoms with van der Waals surface area (Å²) in [5.74, 6) is 0.296. The minimum atomic E-state index is 0.0457. The van der Waals surface area contributed by atoms with Crippen LogP contribution in [0.25, 0.3) is 0 Å². The van der Waals surface area contributed by atoms with Crippen molar-refractivity contribution in [3.8, 4) is 0 Å². The lowest BCUT2D eigenvalue weighted by Crippen LogP contribution is -2.46. The van der Waals surface area contributed by atoms with Gasteiger partial charge in [-0.3, -0.25) is 9.48 Å². The third-order valence-electron chi connectivity index (χ3n) is 4.02. The first-order valence-electron chi connectivity index (χ1n) is 6.83. The Balaban J connectivity index is 1.93. The minimum absolute atomic E-state index is 0.0457. The molecule has 1 aliphatic rings. The van der Waals surface area contributed by atoms with E-state index in [4.69, 9.17) is 0 Å². The van der Waals surface area contributed by atoms with Crippen molar-refractivity contribution in [2.24, 2.45) is 7.05 Å². The van der Waals surface area contributed by atoms with Gasteiger partial charge in [0.2, 0.25) is 0 Å². The third-order valence-corrected chi connectivity index (χ3v) is 4.02. The maximum Gasteiger partial charge on any atom is 0.140 e. The number of hydrogen-bond donors (Lipinski definition) is 1. The van der Waals surface area contributed by atoms with E-state index in [1.807, 2.05) is 26.4 Å². The van der Waals surface area contributed by atoms with E-state index in [9.17, 15) is 4.79 Å². The number of rotatable bonds is 5. The molecule has 0 spiro atoms. The predicted octanol–water partition coefficient (Wildman–Crippen LogP) is 1.84. The molecule has 1 heterocycles. The van der Waals surface area contributed by atoms with Crippen LogP contribution in [0.4, 0.5) is 0 Å². The Morgan fingerprint density at radius 1 is 1.44 bits per heavy atom. The second-order valence-corrected chi connectivity index (χ2v) is 5.46. The number of carbonyl (C=O) groups excluding carboxylic acids is 1. The van der Waals surface area contributed by atoms with E-state index in [2.05, 4.69) is 10.4 Å². The Morgan fingerprint density at radius 2 is 2.17 bits per heavy atom. The Hall–Kier alpha value is -1.16. The number of nitrogens with one attached hydrogen (secondary N) is 1. The smallest absolute Gasteiger partial charge is 0.140 e. The highest BCUT2D eigenvalue weighted by molar-refractivity contribution is 5.81. The quantitative estimate of drug-likeness (QED) is 0.866. The highest BCUT2D eigenvalue weighted by Crippen LogP contribution is 2.31. The third kappa shape index (κ3) is 3.19. The first-order chi connectivity index (χ1) is 8.63. The standard InChI is InChI=1S/C14H23N3O/c1-15-14(7-4-3-5-8-14)11-13(18)10-12-6-9-17(2)16-12/h6,9,15H,3-5,7-8,10-11H2,1-2H3. The van der Waals surface area contributed by atoms with Gasteiger partial charge in [0.25, 0.3) is 0 Å². The van der Waals surface area contributed by atoms with Crippen LogP contribution in [-0.4, -0.2) is 28.2 Å². The highest BCUT2D eigenvalue weighted by Gasteiger charge is 2.32. The van der Waals surface area contributed by atoms with Gasteiger partial charge < -0.3 is 5.32 Å². The largest absolute Gasteiger partial charge is 0.314 e. The molecule has 2 rings (SSSR count). The molecule has 0 radical (unpaired) electrons. The van der Waals surface area contributed by atoms with E-state index in [-0.39, 0.29) is 5.54 Å². The SMILES string of the molecule is CNC1(CC(=O)Cc2ccn(C)n2)CCCCC1. The molecule has 4 nitrogen and oxygen atoms in total. The summed E-state index contributed by atoms with van der Waals surface area (Å²) in [7, 11) is 3.86. The van der Waals surface area contributed by atoms with Gasteiger partial charge in [0.15, 0.2) is 0 Å². The monoisotopic (exact) mass is 249 g/mol. The summed E-state index contributed by atoms with van der Waals surface area (Å²) >= 11 is 0. The molecule has 18 heavy (non-hydrogen) atoms. The van der Waals surface area contributed by atoms with Gasteiger partial charge in [-0.1, -0.05) is 19.3 Å². The van der Waals surface area contributed by atoms with Crippen LogP contribution in [-0.2, 0) is 18.3 Å². The lowest BCUT2D eigenvalue weighted by molar-refractivity contribution is -0.120. The van der Waals surface area contributed by atoms with Crippen molar-refractivity contribution in [3.63, 3.8) is 0 Å². The van der Waals surface area contributed by atoms with Gasteiger partial charge in [-0.15, -0.1) is 0 Å². The van der Waals surface area contributed by atoms with Crippen molar-refractivity contribution in [1.82, 2.24) is 15.1 Å². The molecule has 1 aromatic rings. The summed E-state index contributed by atoms with van der Waals surface area (Å²) in [6.07, 6.45) is 9.00. The predicted molar refractivity (Wildman–Crippen MR) is 71.4 cm³/mol. The molecule has 100 valence electrons. The zero-order chi connectivity index (χ0) is 13.0. The van der Waals surface area contributed by atoms with Gasteiger partial charge in [-0.05, 0) is 26.0 Å².